The summed E-state index contributed by atoms with van der Waals surface area (Å²) in [5.74, 6) is -0.0388. The summed E-state index contributed by atoms with van der Waals surface area (Å²) in [5, 5.41) is 3.68. The number of anilines is 1. The number of carbonyl (C=O) groups excluding carboxylic acids is 1. The topological polar surface area (TPSA) is 86.0 Å². The molecule has 7 nitrogen and oxygen atoms in total. The average Bonchev–Trinajstić information content (AvgIpc) is 2.68. The molecule has 1 amide bonds. The fourth-order valence-electron chi connectivity index (χ4n) is 2.98. The van der Waals surface area contributed by atoms with E-state index < -0.39 is 11.2 Å². The first-order valence-corrected chi connectivity index (χ1v) is 10.3. The van der Waals surface area contributed by atoms with Gasteiger partial charge in [-0.1, -0.05) is 31.5 Å². The summed E-state index contributed by atoms with van der Waals surface area (Å²) >= 11 is 7.21. The lowest BCUT2D eigenvalue weighted by molar-refractivity contribution is -0.113. The van der Waals surface area contributed by atoms with Crippen LogP contribution >= 0.6 is 23.4 Å². The highest BCUT2D eigenvalue weighted by Crippen LogP contribution is 2.32. The van der Waals surface area contributed by atoms with Gasteiger partial charge in [0.1, 0.15) is 5.65 Å². The fourth-order valence-corrected chi connectivity index (χ4v) is 4.30. The zero-order valence-corrected chi connectivity index (χ0v) is 18.1. The second-order valence-electron chi connectivity index (χ2n) is 6.95. The number of fused-ring (bicyclic) bond motifs is 1. The molecule has 0 saturated carbocycles. The van der Waals surface area contributed by atoms with Crippen molar-refractivity contribution in [3.8, 4) is 0 Å². The van der Waals surface area contributed by atoms with Crippen LogP contribution in [0.2, 0.25) is 5.02 Å². The van der Waals surface area contributed by atoms with Crippen molar-refractivity contribution in [1.29, 1.82) is 0 Å². The maximum absolute atomic E-state index is 12.9. The fraction of sp³-hybridized carbons (Fsp3) is 0.300. The molecule has 2 aromatic heterocycles. The maximum Gasteiger partial charge on any atom is 0.332 e. The number of aryl methyl sites for hydroxylation is 1. The zero-order chi connectivity index (χ0) is 21.3. The van der Waals surface area contributed by atoms with E-state index in [-0.39, 0.29) is 17.6 Å². The minimum Gasteiger partial charge on any atom is -0.325 e. The van der Waals surface area contributed by atoms with Crippen molar-refractivity contribution in [3.05, 3.63) is 61.9 Å². The quantitative estimate of drug-likeness (QED) is 0.626. The van der Waals surface area contributed by atoms with Crippen molar-refractivity contribution in [3.63, 3.8) is 0 Å². The Hall–Kier alpha value is -2.58. The van der Waals surface area contributed by atoms with Gasteiger partial charge in [-0.2, -0.15) is 0 Å². The Balaban J connectivity index is 2.01. The summed E-state index contributed by atoms with van der Waals surface area (Å²) in [6, 6.07) is 6.89. The van der Waals surface area contributed by atoms with E-state index in [0.717, 1.165) is 10.1 Å². The highest BCUT2D eigenvalue weighted by atomic mass is 35.5. The molecular weight excluding hydrogens is 412 g/mol. The Morgan fingerprint density at radius 1 is 1.24 bits per heavy atom. The van der Waals surface area contributed by atoms with Gasteiger partial charge >= 0.3 is 5.69 Å². The van der Waals surface area contributed by atoms with Crippen LogP contribution in [0.15, 0.2) is 44.9 Å². The molecular formula is C20H21ClN4O3S. The summed E-state index contributed by atoms with van der Waals surface area (Å²) < 4.78 is 2.40. The van der Waals surface area contributed by atoms with E-state index in [0.29, 0.717) is 26.6 Å². The van der Waals surface area contributed by atoms with Gasteiger partial charge in [0.05, 0.1) is 11.1 Å². The predicted molar refractivity (Wildman–Crippen MR) is 117 cm³/mol. The summed E-state index contributed by atoms with van der Waals surface area (Å²) in [6.07, 6.45) is 1.67. The second-order valence-corrected chi connectivity index (χ2v) is 8.37. The van der Waals surface area contributed by atoms with Crippen molar-refractivity contribution in [1.82, 2.24) is 14.1 Å². The highest BCUT2D eigenvalue weighted by Gasteiger charge is 2.20. The van der Waals surface area contributed by atoms with Gasteiger partial charge in [0.2, 0.25) is 5.91 Å². The van der Waals surface area contributed by atoms with Gasteiger partial charge in [-0.15, -0.1) is 11.8 Å². The van der Waals surface area contributed by atoms with Crippen LogP contribution in [0.25, 0.3) is 11.0 Å². The van der Waals surface area contributed by atoms with Crippen molar-refractivity contribution in [2.24, 2.45) is 14.1 Å². The van der Waals surface area contributed by atoms with Gasteiger partial charge in [-0.25, -0.2) is 9.78 Å². The number of halogens is 1. The Morgan fingerprint density at radius 2 is 1.97 bits per heavy atom. The molecule has 0 aliphatic heterocycles. The number of benzene rings is 1. The van der Waals surface area contributed by atoms with Gasteiger partial charge in [-0.3, -0.25) is 18.7 Å². The molecule has 0 atom stereocenters. The normalized spacial score (nSPS) is 11.2. The van der Waals surface area contributed by atoms with Gasteiger partial charge in [0, 0.05) is 35.9 Å². The standard InChI is InChI=1S/C20H21ClN4O3S/c1-11(2)14-9-22-18-16(19(27)25(4)20(28)24(18)3)17(14)29-10-15(26)23-13-7-5-6-12(21)8-13/h5-9,11H,10H2,1-4H3,(H,23,26). The van der Waals surface area contributed by atoms with Gasteiger partial charge < -0.3 is 5.32 Å². The van der Waals surface area contributed by atoms with Crippen LogP contribution < -0.4 is 16.6 Å². The molecule has 3 rings (SSSR count). The van der Waals surface area contributed by atoms with Crippen LogP contribution in [0.3, 0.4) is 0 Å². The Morgan fingerprint density at radius 3 is 2.62 bits per heavy atom. The molecule has 0 bridgehead atoms. The van der Waals surface area contributed by atoms with E-state index in [9.17, 15) is 14.4 Å². The van der Waals surface area contributed by atoms with Gasteiger partial charge in [-0.05, 0) is 29.7 Å². The van der Waals surface area contributed by atoms with Gasteiger partial charge in [0.25, 0.3) is 5.56 Å². The zero-order valence-electron chi connectivity index (χ0n) is 16.5. The van der Waals surface area contributed by atoms with Crippen LogP contribution in [0.4, 0.5) is 5.69 Å². The number of carbonyl (C=O) groups is 1. The SMILES string of the molecule is CC(C)c1cnc2c(c1SCC(=O)Nc1cccc(Cl)c1)c(=O)n(C)c(=O)n2C. The minimum absolute atomic E-state index is 0.0901. The van der Waals surface area contributed by atoms with E-state index in [2.05, 4.69) is 10.3 Å². The molecule has 152 valence electrons. The molecule has 0 unspecified atom stereocenters. The smallest absolute Gasteiger partial charge is 0.325 e. The molecule has 0 fully saturated rings. The third-order valence-electron chi connectivity index (χ3n) is 4.53. The molecule has 0 spiro atoms. The lowest BCUT2D eigenvalue weighted by Crippen LogP contribution is -2.37. The third-order valence-corrected chi connectivity index (χ3v) is 5.90. The van der Waals surface area contributed by atoms with E-state index in [1.807, 2.05) is 13.8 Å². The Kier molecular flexibility index (Phi) is 6.14. The van der Waals surface area contributed by atoms with Crippen LogP contribution in [0.1, 0.15) is 25.3 Å². The lowest BCUT2D eigenvalue weighted by Gasteiger charge is -2.16. The number of rotatable bonds is 5. The molecule has 0 saturated heterocycles. The maximum atomic E-state index is 12.9. The monoisotopic (exact) mass is 432 g/mol. The Labute approximate surface area is 176 Å². The summed E-state index contributed by atoms with van der Waals surface area (Å²) in [6.45, 7) is 3.98. The molecule has 0 aliphatic carbocycles. The van der Waals surface area contributed by atoms with E-state index >= 15 is 0 Å². The van der Waals surface area contributed by atoms with E-state index in [1.165, 1.54) is 23.4 Å². The van der Waals surface area contributed by atoms with Crippen LogP contribution in [0, 0.1) is 0 Å². The lowest BCUT2D eigenvalue weighted by atomic mass is 10.0. The largest absolute Gasteiger partial charge is 0.332 e. The predicted octanol–water partition coefficient (Wildman–Crippen LogP) is 3.14. The summed E-state index contributed by atoms with van der Waals surface area (Å²) in [4.78, 5) is 42.6. The van der Waals surface area contributed by atoms with Crippen molar-refractivity contribution < 1.29 is 4.79 Å². The number of amides is 1. The second kappa shape index (κ2) is 8.42. The third kappa shape index (κ3) is 4.23. The summed E-state index contributed by atoms with van der Waals surface area (Å²) in [7, 11) is 3.01. The van der Waals surface area contributed by atoms with Crippen molar-refractivity contribution in [2.75, 3.05) is 11.1 Å². The molecule has 1 N–H and O–H groups in total. The Bertz CT molecular complexity index is 1220. The number of thioether (sulfide) groups is 1. The molecule has 0 radical (unpaired) electrons. The number of hydrogen-bond acceptors (Lipinski definition) is 5. The van der Waals surface area contributed by atoms with Crippen LogP contribution in [-0.4, -0.2) is 25.8 Å². The molecule has 2 heterocycles. The first-order chi connectivity index (χ1) is 13.7. The van der Waals surface area contributed by atoms with Crippen molar-refractivity contribution in [2.45, 2.75) is 24.7 Å². The number of nitrogens with one attached hydrogen (secondary N) is 1. The van der Waals surface area contributed by atoms with Gasteiger partial charge in [0.15, 0.2) is 0 Å². The molecule has 1 aromatic carbocycles. The number of pyridine rings is 1. The summed E-state index contributed by atoms with van der Waals surface area (Å²) in [5.41, 5.74) is 0.900. The number of aromatic nitrogens is 3. The first-order valence-electron chi connectivity index (χ1n) is 8.97. The number of nitrogens with zero attached hydrogens (tertiary/aromatic N) is 3. The highest BCUT2D eigenvalue weighted by molar-refractivity contribution is 8.00. The average molecular weight is 433 g/mol. The molecule has 29 heavy (non-hydrogen) atoms. The first kappa shape index (κ1) is 21.1. The van der Waals surface area contributed by atoms with E-state index in [4.69, 9.17) is 11.6 Å². The molecule has 9 heteroatoms. The molecule has 0 aliphatic rings. The van der Waals surface area contributed by atoms with E-state index in [1.54, 1.807) is 37.5 Å². The molecule has 3 aromatic rings. The number of hydrogen-bond donors (Lipinski definition) is 1. The minimum atomic E-state index is -0.443. The van der Waals surface area contributed by atoms with Crippen LogP contribution in [-0.2, 0) is 18.9 Å². The van der Waals surface area contributed by atoms with Crippen LogP contribution in [0.5, 0.6) is 0 Å². The van der Waals surface area contributed by atoms with Crippen molar-refractivity contribution >= 4 is 46.0 Å².